The Hall–Kier alpha value is -1.58. The van der Waals surface area contributed by atoms with Crippen LogP contribution in [0.15, 0.2) is 47.5 Å². The van der Waals surface area contributed by atoms with Gasteiger partial charge in [-0.15, -0.1) is 24.0 Å². The number of halogens is 3. The third-order valence-electron chi connectivity index (χ3n) is 4.80. The van der Waals surface area contributed by atoms with Crippen molar-refractivity contribution in [3.8, 4) is 0 Å². The van der Waals surface area contributed by atoms with E-state index in [2.05, 4.69) is 26.6 Å². The Morgan fingerprint density at radius 2 is 2.14 bits per heavy atom. The number of benzene rings is 2. The van der Waals surface area contributed by atoms with Crippen LogP contribution in [0.1, 0.15) is 17.5 Å². The zero-order valence-corrected chi connectivity index (χ0v) is 19.7. The minimum Gasteiger partial charge on any atom is -0.380 e. The molecule has 1 saturated heterocycles. The molecular formula is C21H27ClFIN4O. The van der Waals surface area contributed by atoms with Crippen molar-refractivity contribution in [3.63, 3.8) is 0 Å². The van der Waals surface area contributed by atoms with Gasteiger partial charge in [-0.05, 0) is 42.3 Å². The van der Waals surface area contributed by atoms with Gasteiger partial charge in [-0.2, -0.15) is 0 Å². The molecule has 0 amide bonds. The molecular weight excluding hydrogens is 506 g/mol. The van der Waals surface area contributed by atoms with Gasteiger partial charge >= 0.3 is 0 Å². The quantitative estimate of drug-likeness (QED) is 0.333. The summed E-state index contributed by atoms with van der Waals surface area (Å²) < 4.78 is 18.8. The zero-order chi connectivity index (χ0) is 19.9. The lowest BCUT2D eigenvalue weighted by molar-refractivity contribution is 0.181. The van der Waals surface area contributed by atoms with E-state index >= 15 is 0 Å². The number of guanidine groups is 1. The molecule has 1 heterocycles. The average molecular weight is 533 g/mol. The molecule has 1 aliphatic rings. The summed E-state index contributed by atoms with van der Waals surface area (Å²) in [5, 5.41) is 7.52. The molecule has 1 atom stereocenters. The summed E-state index contributed by atoms with van der Waals surface area (Å²) >= 11 is 6.10. The minimum atomic E-state index is -0.250. The van der Waals surface area contributed by atoms with Gasteiger partial charge in [-0.25, -0.2) is 4.39 Å². The van der Waals surface area contributed by atoms with Crippen molar-refractivity contribution >= 4 is 47.2 Å². The summed E-state index contributed by atoms with van der Waals surface area (Å²) in [6.07, 6.45) is 1.02. The molecule has 29 heavy (non-hydrogen) atoms. The Morgan fingerprint density at radius 3 is 2.86 bits per heavy atom. The van der Waals surface area contributed by atoms with Crippen LogP contribution >= 0.6 is 35.6 Å². The van der Waals surface area contributed by atoms with E-state index in [1.165, 1.54) is 6.07 Å². The highest BCUT2D eigenvalue weighted by Crippen LogP contribution is 2.23. The monoisotopic (exact) mass is 532 g/mol. The van der Waals surface area contributed by atoms with Gasteiger partial charge in [0.1, 0.15) is 5.82 Å². The van der Waals surface area contributed by atoms with Crippen LogP contribution in [0, 0.1) is 5.82 Å². The lowest BCUT2D eigenvalue weighted by Gasteiger charge is -2.20. The van der Waals surface area contributed by atoms with Crippen molar-refractivity contribution in [2.24, 2.45) is 4.99 Å². The van der Waals surface area contributed by atoms with Crippen molar-refractivity contribution < 1.29 is 9.13 Å². The largest absolute Gasteiger partial charge is 0.380 e. The number of anilines is 1. The molecule has 0 spiro atoms. The molecule has 1 aliphatic heterocycles. The Kier molecular flexibility index (Phi) is 9.45. The van der Waals surface area contributed by atoms with E-state index in [1.54, 1.807) is 20.2 Å². The summed E-state index contributed by atoms with van der Waals surface area (Å²) in [5.41, 5.74) is 2.66. The van der Waals surface area contributed by atoms with E-state index < -0.39 is 0 Å². The van der Waals surface area contributed by atoms with Crippen LogP contribution in [0.3, 0.4) is 0 Å². The SMILES string of the molecule is CN=C(NCc1ccc(F)c(COC)c1)NC1CCN(c2cccc(Cl)c2)C1.I. The van der Waals surface area contributed by atoms with Crippen molar-refractivity contribution in [2.75, 3.05) is 32.1 Å². The van der Waals surface area contributed by atoms with Crippen LogP contribution in [-0.2, 0) is 17.9 Å². The third kappa shape index (κ3) is 6.72. The first-order valence-electron chi connectivity index (χ1n) is 9.33. The molecule has 1 fully saturated rings. The predicted molar refractivity (Wildman–Crippen MR) is 128 cm³/mol. The second kappa shape index (κ2) is 11.6. The van der Waals surface area contributed by atoms with Gasteiger partial charge in [0.2, 0.25) is 0 Å². The molecule has 158 valence electrons. The number of aliphatic imine (C=N–C) groups is 1. The van der Waals surface area contributed by atoms with Gasteiger partial charge in [-0.3, -0.25) is 4.99 Å². The first-order valence-corrected chi connectivity index (χ1v) is 9.70. The van der Waals surface area contributed by atoms with Crippen molar-refractivity contribution in [1.29, 1.82) is 0 Å². The van der Waals surface area contributed by atoms with Gasteiger partial charge in [0.25, 0.3) is 0 Å². The van der Waals surface area contributed by atoms with Crippen LogP contribution in [0.25, 0.3) is 0 Å². The molecule has 0 bridgehead atoms. The Morgan fingerprint density at radius 1 is 1.31 bits per heavy atom. The van der Waals surface area contributed by atoms with Crippen LogP contribution in [0.4, 0.5) is 10.1 Å². The van der Waals surface area contributed by atoms with E-state index in [1.807, 2.05) is 24.3 Å². The molecule has 0 aromatic heterocycles. The second-order valence-electron chi connectivity index (χ2n) is 6.84. The van der Waals surface area contributed by atoms with Crippen molar-refractivity contribution in [2.45, 2.75) is 25.6 Å². The molecule has 5 nitrogen and oxygen atoms in total. The fourth-order valence-electron chi connectivity index (χ4n) is 3.36. The maximum Gasteiger partial charge on any atom is 0.191 e. The number of hydrogen-bond donors (Lipinski definition) is 2. The van der Waals surface area contributed by atoms with Gasteiger partial charge in [0.15, 0.2) is 5.96 Å². The van der Waals surface area contributed by atoms with Gasteiger partial charge in [0.05, 0.1) is 6.61 Å². The summed E-state index contributed by atoms with van der Waals surface area (Å²) in [6.45, 7) is 2.67. The lowest BCUT2D eigenvalue weighted by atomic mass is 10.1. The van der Waals surface area contributed by atoms with Crippen LogP contribution in [0.5, 0.6) is 0 Å². The molecule has 3 rings (SSSR count). The number of ether oxygens (including phenoxy) is 1. The summed E-state index contributed by atoms with van der Waals surface area (Å²) in [6, 6.07) is 13.3. The van der Waals surface area contributed by atoms with Crippen molar-refractivity contribution in [1.82, 2.24) is 10.6 Å². The maximum atomic E-state index is 13.7. The molecule has 2 aromatic carbocycles. The highest BCUT2D eigenvalue weighted by molar-refractivity contribution is 14.0. The number of nitrogens with one attached hydrogen (secondary N) is 2. The first-order chi connectivity index (χ1) is 13.6. The number of methoxy groups -OCH3 is 1. The molecule has 2 aromatic rings. The molecule has 1 unspecified atom stereocenters. The molecule has 0 radical (unpaired) electrons. The summed E-state index contributed by atoms with van der Waals surface area (Å²) in [4.78, 5) is 6.62. The lowest BCUT2D eigenvalue weighted by Crippen LogP contribution is -2.44. The summed E-state index contributed by atoms with van der Waals surface area (Å²) in [7, 11) is 3.31. The van der Waals surface area contributed by atoms with E-state index in [4.69, 9.17) is 16.3 Å². The Labute approximate surface area is 193 Å². The Bertz CT molecular complexity index is 836. The van der Waals surface area contributed by atoms with Crippen LogP contribution < -0.4 is 15.5 Å². The van der Waals surface area contributed by atoms with Gasteiger partial charge in [-0.1, -0.05) is 23.7 Å². The maximum absolute atomic E-state index is 13.7. The predicted octanol–water partition coefficient (Wildman–Crippen LogP) is 4.19. The molecule has 2 N–H and O–H groups in total. The standard InChI is InChI=1S/C21H26ClFN4O.HI/c1-24-21(25-12-15-6-7-20(23)16(10-15)14-28-2)26-18-8-9-27(13-18)19-5-3-4-17(22)11-19;/h3-7,10-11,18H,8-9,12-14H2,1-2H3,(H2,24,25,26);1H. The number of nitrogens with zero attached hydrogens (tertiary/aromatic N) is 2. The second-order valence-corrected chi connectivity index (χ2v) is 7.28. The molecule has 0 saturated carbocycles. The zero-order valence-electron chi connectivity index (χ0n) is 16.6. The first kappa shape index (κ1) is 23.7. The van der Waals surface area contributed by atoms with Gasteiger partial charge < -0.3 is 20.3 Å². The van der Waals surface area contributed by atoms with E-state index in [0.29, 0.717) is 18.2 Å². The van der Waals surface area contributed by atoms with E-state index in [-0.39, 0.29) is 36.4 Å². The average Bonchev–Trinajstić information content (AvgIpc) is 3.16. The normalized spacial score (nSPS) is 16.5. The van der Waals surface area contributed by atoms with Crippen molar-refractivity contribution in [3.05, 3.63) is 64.4 Å². The van der Waals surface area contributed by atoms with E-state index in [9.17, 15) is 4.39 Å². The van der Waals surface area contributed by atoms with E-state index in [0.717, 1.165) is 41.7 Å². The van der Waals surface area contributed by atoms with Crippen LogP contribution in [-0.4, -0.2) is 39.2 Å². The minimum absolute atomic E-state index is 0. The summed E-state index contributed by atoms with van der Waals surface area (Å²) in [5.74, 6) is 0.482. The highest BCUT2D eigenvalue weighted by atomic mass is 127. The Balaban J connectivity index is 0.00000300. The number of rotatable bonds is 6. The van der Waals surface area contributed by atoms with Crippen LogP contribution in [0.2, 0.25) is 5.02 Å². The molecule has 8 heteroatoms. The fraction of sp³-hybridized carbons (Fsp3) is 0.381. The highest BCUT2D eigenvalue weighted by Gasteiger charge is 2.23. The van der Waals surface area contributed by atoms with Gasteiger partial charge in [0, 0.05) is 56.1 Å². The fourth-order valence-corrected chi connectivity index (χ4v) is 3.55. The molecule has 0 aliphatic carbocycles. The smallest absolute Gasteiger partial charge is 0.191 e. The number of hydrogen-bond acceptors (Lipinski definition) is 3. The topological polar surface area (TPSA) is 48.9 Å². The third-order valence-corrected chi connectivity index (χ3v) is 5.03.